The van der Waals surface area contributed by atoms with Gasteiger partial charge in [0.25, 0.3) is 0 Å². The summed E-state index contributed by atoms with van der Waals surface area (Å²) < 4.78 is 0. The monoisotopic (exact) mass is 189 g/mol. The maximum Gasteiger partial charge on any atom is 0.120 e. The molecule has 1 aromatic rings. The number of aromatic hydroxyl groups is 1. The van der Waals surface area contributed by atoms with Crippen molar-refractivity contribution < 1.29 is 5.11 Å². The lowest BCUT2D eigenvalue weighted by atomic mass is 9.84. The molecule has 2 nitrogen and oxygen atoms in total. The summed E-state index contributed by atoms with van der Waals surface area (Å²) in [5, 5.41) is 18.7. The van der Waals surface area contributed by atoms with E-state index in [1.54, 1.807) is 19.9 Å². The molecule has 0 heterocycles. The smallest absolute Gasteiger partial charge is 0.120 e. The van der Waals surface area contributed by atoms with Gasteiger partial charge in [0.2, 0.25) is 0 Å². The molecule has 74 valence electrons. The zero-order valence-corrected chi connectivity index (χ0v) is 9.05. The molecule has 0 atom stereocenters. The van der Waals surface area contributed by atoms with Gasteiger partial charge in [0.1, 0.15) is 5.75 Å². The third kappa shape index (κ3) is 1.72. The molecule has 0 spiro atoms. The van der Waals surface area contributed by atoms with E-state index in [2.05, 4.69) is 6.07 Å². The minimum Gasteiger partial charge on any atom is -0.508 e. The van der Waals surface area contributed by atoms with Crippen molar-refractivity contribution in [2.45, 2.75) is 33.1 Å². The maximum atomic E-state index is 9.73. The van der Waals surface area contributed by atoms with Gasteiger partial charge in [0.05, 0.1) is 11.5 Å². The number of phenols is 1. The molecule has 0 saturated heterocycles. The number of aryl methyl sites for hydroxylation is 2. The van der Waals surface area contributed by atoms with Crippen molar-refractivity contribution in [3.8, 4) is 11.8 Å². The second-order valence-corrected chi connectivity index (χ2v) is 4.19. The van der Waals surface area contributed by atoms with Crippen LogP contribution >= 0.6 is 0 Å². The topological polar surface area (TPSA) is 44.0 Å². The van der Waals surface area contributed by atoms with Gasteiger partial charge in [-0.1, -0.05) is 6.07 Å². The van der Waals surface area contributed by atoms with E-state index in [4.69, 9.17) is 5.26 Å². The molecule has 0 aliphatic rings. The highest BCUT2D eigenvalue weighted by Gasteiger charge is 2.23. The third-order valence-corrected chi connectivity index (χ3v) is 2.56. The Morgan fingerprint density at radius 3 is 2.21 bits per heavy atom. The summed E-state index contributed by atoms with van der Waals surface area (Å²) in [6.45, 7) is 7.53. The maximum absolute atomic E-state index is 9.73. The Labute approximate surface area is 84.8 Å². The largest absolute Gasteiger partial charge is 0.508 e. The van der Waals surface area contributed by atoms with Crippen LogP contribution in [0.15, 0.2) is 12.1 Å². The summed E-state index contributed by atoms with van der Waals surface area (Å²) in [7, 11) is 0. The minimum atomic E-state index is -0.636. The SMILES string of the molecule is Cc1cc(O)c(C(C)(C)C#N)cc1C. The fourth-order valence-corrected chi connectivity index (χ4v) is 1.36. The van der Waals surface area contributed by atoms with E-state index >= 15 is 0 Å². The summed E-state index contributed by atoms with van der Waals surface area (Å²) >= 11 is 0. The van der Waals surface area contributed by atoms with Crippen molar-refractivity contribution >= 4 is 0 Å². The summed E-state index contributed by atoms with van der Waals surface area (Å²) in [6.07, 6.45) is 0. The zero-order valence-electron chi connectivity index (χ0n) is 9.05. The van der Waals surface area contributed by atoms with Crippen LogP contribution in [0, 0.1) is 25.2 Å². The molecule has 0 fully saturated rings. The minimum absolute atomic E-state index is 0.208. The number of nitrogens with zero attached hydrogens (tertiary/aromatic N) is 1. The molecule has 0 radical (unpaired) electrons. The molecule has 0 saturated carbocycles. The van der Waals surface area contributed by atoms with Crippen LogP contribution < -0.4 is 0 Å². The Kier molecular flexibility index (Phi) is 2.53. The lowest BCUT2D eigenvalue weighted by molar-refractivity contribution is 0.456. The molecule has 1 aromatic carbocycles. The quantitative estimate of drug-likeness (QED) is 0.738. The molecule has 0 aliphatic heterocycles. The van der Waals surface area contributed by atoms with Gasteiger partial charge in [-0.05, 0) is 44.9 Å². The van der Waals surface area contributed by atoms with Gasteiger partial charge >= 0.3 is 0 Å². The lowest BCUT2D eigenvalue weighted by Crippen LogP contribution is -2.14. The fourth-order valence-electron chi connectivity index (χ4n) is 1.36. The molecule has 1 rings (SSSR count). The van der Waals surface area contributed by atoms with Gasteiger partial charge in [-0.2, -0.15) is 5.26 Å². The molecule has 14 heavy (non-hydrogen) atoms. The molecular weight excluding hydrogens is 174 g/mol. The standard InChI is InChI=1S/C12H15NO/c1-8-5-10(12(3,4)7-13)11(14)6-9(8)2/h5-6,14H,1-4H3. The number of rotatable bonds is 1. The zero-order chi connectivity index (χ0) is 10.9. The second-order valence-electron chi connectivity index (χ2n) is 4.19. The summed E-state index contributed by atoms with van der Waals surface area (Å²) in [5.74, 6) is 0.208. The van der Waals surface area contributed by atoms with Gasteiger partial charge in [-0.25, -0.2) is 0 Å². The Morgan fingerprint density at radius 2 is 1.71 bits per heavy atom. The Morgan fingerprint density at radius 1 is 1.21 bits per heavy atom. The van der Waals surface area contributed by atoms with Crippen molar-refractivity contribution in [1.29, 1.82) is 5.26 Å². The predicted octanol–water partition coefficient (Wildman–Crippen LogP) is 2.81. The van der Waals surface area contributed by atoms with Gasteiger partial charge < -0.3 is 5.11 Å². The molecule has 1 N–H and O–H groups in total. The number of hydrogen-bond acceptors (Lipinski definition) is 2. The van der Waals surface area contributed by atoms with Gasteiger partial charge in [-0.15, -0.1) is 0 Å². The lowest BCUT2D eigenvalue weighted by Gasteiger charge is -2.18. The Bertz CT molecular complexity index is 400. The van der Waals surface area contributed by atoms with Crippen LogP contribution in [0.2, 0.25) is 0 Å². The van der Waals surface area contributed by atoms with Crippen molar-refractivity contribution in [2.75, 3.05) is 0 Å². The number of nitriles is 1. The second kappa shape index (κ2) is 3.34. The molecule has 0 aromatic heterocycles. The van der Waals surface area contributed by atoms with Gasteiger partial charge in [-0.3, -0.25) is 0 Å². The highest BCUT2D eigenvalue weighted by molar-refractivity contribution is 5.46. The van der Waals surface area contributed by atoms with E-state index in [1.165, 1.54) is 0 Å². The van der Waals surface area contributed by atoms with Crippen molar-refractivity contribution in [3.05, 3.63) is 28.8 Å². The van der Waals surface area contributed by atoms with E-state index in [0.29, 0.717) is 5.56 Å². The number of phenolic OH excluding ortho intramolecular Hbond substituents is 1. The van der Waals surface area contributed by atoms with E-state index in [9.17, 15) is 5.11 Å². The van der Waals surface area contributed by atoms with E-state index in [-0.39, 0.29) is 5.75 Å². The average molecular weight is 189 g/mol. The Hall–Kier alpha value is -1.49. The molecule has 0 unspecified atom stereocenters. The number of benzene rings is 1. The van der Waals surface area contributed by atoms with Crippen molar-refractivity contribution in [2.24, 2.45) is 0 Å². The van der Waals surface area contributed by atoms with Gasteiger partial charge in [0, 0.05) is 5.56 Å². The first kappa shape index (κ1) is 10.6. The van der Waals surface area contributed by atoms with Crippen LogP contribution in [-0.4, -0.2) is 5.11 Å². The highest BCUT2D eigenvalue weighted by Crippen LogP contribution is 2.32. The van der Waals surface area contributed by atoms with Crippen LogP contribution in [0.4, 0.5) is 0 Å². The molecule has 0 aliphatic carbocycles. The first-order valence-corrected chi connectivity index (χ1v) is 4.60. The summed E-state index contributed by atoms with van der Waals surface area (Å²) in [4.78, 5) is 0. The third-order valence-electron chi connectivity index (χ3n) is 2.56. The summed E-state index contributed by atoms with van der Waals surface area (Å²) in [5.41, 5.74) is 2.20. The predicted molar refractivity (Wildman–Crippen MR) is 56.2 cm³/mol. The van der Waals surface area contributed by atoms with Gasteiger partial charge in [0.15, 0.2) is 0 Å². The molecule has 2 heteroatoms. The van der Waals surface area contributed by atoms with Crippen LogP contribution in [0.25, 0.3) is 0 Å². The van der Waals surface area contributed by atoms with Crippen LogP contribution in [0.5, 0.6) is 5.75 Å². The Balaban J connectivity index is 3.38. The molecule has 0 amide bonds. The van der Waals surface area contributed by atoms with E-state index < -0.39 is 5.41 Å². The molecule has 0 bridgehead atoms. The first-order chi connectivity index (χ1) is 6.38. The average Bonchev–Trinajstić information content (AvgIpc) is 2.11. The van der Waals surface area contributed by atoms with E-state index in [1.807, 2.05) is 19.9 Å². The van der Waals surface area contributed by atoms with Crippen molar-refractivity contribution in [1.82, 2.24) is 0 Å². The van der Waals surface area contributed by atoms with E-state index in [0.717, 1.165) is 11.1 Å². The number of hydrogen-bond donors (Lipinski definition) is 1. The van der Waals surface area contributed by atoms with Crippen LogP contribution in [0.1, 0.15) is 30.5 Å². The normalized spacial score (nSPS) is 11.1. The fraction of sp³-hybridized carbons (Fsp3) is 0.417. The van der Waals surface area contributed by atoms with Crippen LogP contribution in [0.3, 0.4) is 0 Å². The van der Waals surface area contributed by atoms with Crippen LogP contribution in [-0.2, 0) is 5.41 Å². The molecular formula is C12H15NO. The van der Waals surface area contributed by atoms with Crippen molar-refractivity contribution in [3.63, 3.8) is 0 Å². The summed E-state index contributed by atoms with van der Waals surface area (Å²) in [6, 6.07) is 5.78. The first-order valence-electron chi connectivity index (χ1n) is 4.60. The highest BCUT2D eigenvalue weighted by atomic mass is 16.3.